The Kier molecular flexibility index (Phi) is 6.33. The van der Waals surface area contributed by atoms with Crippen LogP contribution in [0.5, 0.6) is 0 Å². The SMILES string of the molecule is CN(C)C(=O)COC(=O)[C@H](Cc1ccccc1)NC(=O)c1ccco1. The Balaban J connectivity index is 2.06. The molecule has 1 atom stereocenters. The van der Waals surface area contributed by atoms with Crippen LogP contribution in [0.15, 0.2) is 53.1 Å². The van der Waals surface area contributed by atoms with Gasteiger partial charge >= 0.3 is 5.97 Å². The maximum Gasteiger partial charge on any atom is 0.329 e. The third-order valence-electron chi connectivity index (χ3n) is 3.45. The molecule has 7 heteroatoms. The zero-order valence-corrected chi connectivity index (χ0v) is 14.1. The molecule has 2 amide bonds. The van der Waals surface area contributed by atoms with Crippen LogP contribution in [-0.2, 0) is 20.7 Å². The van der Waals surface area contributed by atoms with E-state index in [2.05, 4.69) is 5.32 Å². The number of hydrogen-bond acceptors (Lipinski definition) is 5. The molecule has 1 N–H and O–H groups in total. The second-order valence-corrected chi connectivity index (χ2v) is 5.59. The number of esters is 1. The fourth-order valence-electron chi connectivity index (χ4n) is 2.04. The number of hydrogen-bond donors (Lipinski definition) is 1. The first-order valence-corrected chi connectivity index (χ1v) is 7.72. The van der Waals surface area contributed by atoms with E-state index in [0.29, 0.717) is 0 Å². The fourth-order valence-corrected chi connectivity index (χ4v) is 2.04. The van der Waals surface area contributed by atoms with Crippen LogP contribution in [0, 0.1) is 0 Å². The standard InChI is InChI=1S/C18H20N2O5/c1-20(2)16(21)12-25-18(23)14(11-13-7-4-3-5-8-13)19-17(22)15-9-6-10-24-15/h3-10,14H,11-12H2,1-2H3,(H,19,22)/t14-/m0/s1. The van der Waals surface area contributed by atoms with E-state index in [9.17, 15) is 14.4 Å². The molecule has 25 heavy (non-hydrogen) atoms. The van der Waals surface area contributed by atoms with Gasteiger partial charge in [0.15, 0.2) is 12.4 Å². The molecule has 0 unspecified atom stereocenters. The summed E-state index contributed by atoms with van der Waals surface area (Å²) < 4.78 is 10.1. The van der Waals surface area contributed by atoms with Gasteiger partial charge in [-0.3, -0.25) is 9.59 Å². The van der Waals surface area contributed by atoms with Gasteiger partial charge in [0.25, 0.3) is 11.8 Å². The smallest absolute Gasteiger partial charge is 0.329 e. The fraction of sp³-hybridized carbons (Fsp3) is 0.278. The summed E-state index contributed by atoms with van der Waals surface area (Å²) >= 11 is 0. The van der Waals surface area contributed by atoms with Gasteiger partial charge in [0.2, 0.25) is 0 Å². The van der Waals surface area contributed by atoms with E-state index in [1.54, 1.807) is 20.2 Å². The minimum absolute atomic E-state index is 0.0928. The lowest BCUT2D eigenvalue weighted by Crippen LogP contribution is -2.44. The number of amides is 2. The van der Waals surface area contributed by atoms with Crippen molar-refractivity contribution >= 4 is 17.8 Å². The lowest BCUT2D eigenvalue weighted by molar-refractivity contribution is -0.152. The largest absolute Gasteiger partial charge is 0.459 e. The van der Waals surface area contributed by atoms with Crippen LogP contribution in [0.1, 0.15) is 16.1 Å². The van der Waals surface area contributed by atoms with Gasteiger partial charge in [0.05, 0.1) is 6.26 Å². The summed E-state index contributed by atoms with van der Waals surface area (Å²) in [4.78, 5) is 37.4. The lowest BCUT2D eigenvalue weighted by Gasteiger charge is -2.18. The maximum absolute atomic E-state index is 12.3. The average Bonchev–Trinajstić information content (AvgIpc) is 3.14. The van der Waals surface area contributed by atoms with Crippen LogP contribution in [0.4, 0.5) is 0 Å². The maximum atomic E-state index is 12.3. The van der Waals surface area contributed by atoms with Crippen LogP contribution < -0.4 is 5.32 Å². The van der Waals surface area contributed by atoms with E-state index in [0.717, 1.165) is 5.56 Å². The van der Waals surface area contributed by atoms with Crippen LogP contribution in [0.25, 0.3) is 0 Å². The number of ether oxygens (including phenoxy) is 1. The van der Waals surface area contributed by atoms with Gasteiger partial charge in [-0.2, -0.15) is 0 Å². The second kappa shape index (κ2) is 8.68. The van der Waals surface area contributed by atoms with Crippen LogP contribution in [-0.4, -0.2) is 49.4 Å². The van der Waals surface area contributed by atoms with Crippen LogP contribution >= 0.6 is 0 Å². The van der Waals surface area contributed by atoms with E-state index in [-0.39, 0.29) is 24.7 Å². The molecule has 0 radical (unpaired) electrons. The molecule has 0 fully saturated rings. The van der Waals surface area contributed by atoms with E-state index in [1.165, 1.54) is 17.2 Å². The number of nitrogens with one attached hydrogen (secondary N) is 1. The molecule has 1 aromatic carbocycles. The third-order valence-corrected chi connectivity index (χ3v) is 3.45. The molecule has 7 nitrogen and oxygen atoms in total. The Morgan fingerprint density at radius 2 is 1.84 bits per heavy atom. The van der Waals surface area contributed by atoms with Crippen LogP contribution in [0.3, 0.4) is 0 Å². The van der Waals surface area contributed by atoms with Crippen molar-refractivity contribution in [2.45, 2.75) is 12.5 Å². The number of nitrogens with zero attached hydrogens (tertiary/aromatic N) is 1. The highest BCUT2D eigenvalue weighted by Gasteiger charge is 2.25. The normalized spacial score (nSPS) is 11.4. The quantitative estimate of drug-likeness (QED) is 0.764. The number of benzene rings is 1. The van der Waals surface area contributed by atoms with Gasteiger partial charge in [-0.15, -0.1) is 0 Å². The molecule has 2 aromatic rings. The summed E-state index contributed by atoms with van der Waals surface area (Å²) in [5.41, 5.74) is 0.850. The molecule has 132 valence electrons. The Morgan fingerprint density at radius 3 is 2.44 bits per heavy atom. The first kappa shape index (κ1) is 18.3. The first-order chi connectivity index (χ1) is 12.0. The molecule has 1 aromatic heterocycles. The summed E-state index contributed by atoms with van der Waals surface area (Å²) in [7, 11) is 3.13. The molecule has 0 saturated carbocycles. The molecular weight excluding hydrogens is 324 g/mol. The van der Waals surface area contributed by atoms with Crippen LogP contribution in [0.2, 0.25) is 0 Å². The van der Waals surface area contributed by atoms with E-state index in [1.807, 2.05) is 30.3 Å². The molecule has 0 bridgehead atoms. The van der Waals surface area contributed by atoms with Crippen molar-refractivity contribution in [1.82, 2.24) is 10.2 Å². The summed E-state index contributed by atoms with van der Waals surface area (Å²) in [5, 5.41) is 2.59. The zero-order chi connectivity index (χ0) is 18.2. The molecule has 0 aliphatic heterocycles. The Morgan fingerprint density at radius 1 is 1.12 bits per heavy atom. The van der Waals surface area contributed by atoms with Crippen molar-refractivity contribution < 1.29 is 23.5 Å². The molecule has 0 aliphatic carbocycles. The summed E-state index contributed by atoms with van der Waals surface area (Å²) in [6, 6.07) is 11.3. The molecule has 0 spiro atoms. The van der Waals surface area contributed by atoms with Gasteiger partial charge in [0.1, 0.15) is 6.04 Å². The number of carbonyl (C=O) groups is 3. The highest BCUT2D eigenvalue weighted by Crippen LogP contribution is 2.07. The number of carbonyl (C=O) groups excluding carboxylic acids is 3. The molecule has 0 aliphatic rings. The monoisotopic (exact) mass is 344 g/mol. The summed E-state index contributed by atoms with van der Waals surface area (Å²) in [5.74, 6) is -1.46. The third kappa shape index (κ3) is 5.49. The summed E-state index contributed by atoms with van der Waals surface area (Å²) in [6.45, 7) is -0.381. The number of rotatable bonds is 7. The minimum atomic E-state index is -0.935. The number of likely N-dealkylation sites (N-methyl/N-ethyl adjacent to an activating group) is 1. The van der Waals surface area contributed by atoms with E-state index >= 15 is 0 Å². The lowest BCUT2D eigenvalue weighted by atomic mass is 10.1. The highest BCUT2D eigenvalue weighted by molar-refractivity contribution is 5.94. The predicted molar refractivity (Wildman–Crippen MR) is 89.8 cm³/mol. The molecule has 1 heterocycles. The molecule has 2 rings (SSSR count). The van der Waals surface area contributed by atoms with Crippen molar-refractivity contribution in [2.24, 2.45) is 0 Å². The van der Waals surface area contributed by atoms with Crippen molar-refractivity contribution in [3.63, 3.8) is 0 Å². The van der Waals surface area contributed by atoms with Crippen molar-refractivity contribution in [3.05, 3.63) is 60.1 Å². The number of furan rings is 1. The molecular formula is C18H20N2O5. The van der Waals surface area contributed by atoms with Gasteiger partial charge in [-0.25, -0.2) is 4.79 Å². The highest BCUT2D eigenvalue weighted by atomic mass is 16.5. The predicted octanol–water partition coefficient (Wildman–Crippen LogP) is 1.25. The van der Waals surface area contributed by atoms with Crippen molar-refractivity contribution in [1.29, 1.82) is 0 Å². The Labute approximate surface area is 145 Å². The van der Waals surface area contributed by atoms with Crippen molar-refractivity contribution in [2.75, 3.05) is 20.7 Å². The van der Waals surface area contributed by atoms with E-state index in [4.69, 9.17) is 9.15 Å². The van der Waals surface area contributed by atoms with Gasteiger partial charge in [-0.1, -0.05) is 30.3 Å². The Bertz CT molecular complexity index is 710. The van der Waals surface area contributed by atoms with Gasteiger partial charge < -0.3 is 19.4 Å². The first-order valence-electron chi connectivity index (χ1n) is 7.72. The topological polar surface area (TPSA) is 88.9 Å². The zero-order valence-electron chi connectivity index (χ0n) is 14.1. The average molecular weight is 344 g/mol. The van der Waals surface area contributed by atoms with Crippen molar-refractivity contribution in [3.8, 4) is 0 Å². The second-order valence-electron chi connectivity index (χ2n) is 5.59. The molecule has 0 saturated heterocycles. The van der Waals surface area contributed by atoms with Gasteiger partial charge in [-0.05, 0) is 17.7 Å². The summed E-state index contributed by atoms with van der Waals surface area (Å²) in [6.07, 6.45) is 1.61. The van der Waals surface area contributed by atoms with Gasteiger partial charge in [0, 0.05) is 20.5 Å². The minimum Gasteiger partial charge on any atom is -0.459 e. The van der Waals surface area contributed by atoms with E-state index < -0.39 is 17.9 Å². The Hall–Kier alpha value is -3.09.